The van der Waals surface area contributed by atoms with Gasteiger partial charge in [0.05, 0.1) is 5.69 Å². The predicted molar refractivity (Wildman–Crippen MR) is 124 cm³/mol. The van der Waals surface area contributed by atoms with Crippen LogP contribution in [0.25, 0.3) is 0 Å². The van der Waals surface area contributed by atoms with Crippen LogP contribution in [-0.2, 0) is 4.79 Å². The first kappa shape index (κ1) is 22.1. The van der Waals surface area contributed by atoms with Crippen molar-refractivity contribution in [1.82, 2.24) is 9.80 Å². The number of nitrogens with zero attached hydrogens (tertiary/aromatic N) is 3. The zero-order chi connectivity index (χ0) is 22.5. The lowest BCUT2D eigenvalue weighted by molar-refractivity contribution is -0.132. The molecule has 2 heterocycles. The van der Waals surface area contributed by atoms with Gasteiger partial charge >= 0.3 is 6.03 Å². The highest BCUT2D eigenvalue weighted by molar-refractivity contribution is 5.89. The smallest absolute Gasteiger partial charge is 0.321 e. The van der Waals surface area contributed by atoms with Gasteiger partial charge in [-0.15, -0.1) is 0 Å². The maximum absolute atomic E-state index is 14.0. The molecule has 2 aromatic rings. The standard InChI is InChI=1S/C25H31FN4O2/c1-19-8-10-21(11-9-19)27-25(32)30-12-4-5-20(18-30)17-24(31)29-15-13-28(14-16-29)23-7-3-2-6-22(23)26/h2-3,6-11,20H,4-5,12-18H2,1H3,(H,27,32). The first-order chi connectivity index (χ1) is 15.5. The second-order valence-corrected chi connectivity index (χ2v) is 8.77. The minimum Gasteiger partial charge on any atom is -0.366 e. The van der Waals surface area contributed by atoms with E-state index in [0.717, 1.165) is 24.1 Å². The summed E-state index contributed by atoms with van der Waals surface area (Å²) in [6.07, 6.45) is 2.31. The average Bonchev–Trinajstić information content (AvgIpc) is 2.81. The van der Waals surface area contributed by atoms with E-state index in [1.807, 2.05) is 52.0 Å². The monoisotopic (exact) mass is 438 g/mol. The van der Waals surface area contributed by atoms with Gasteiger partial charge in [-0.05, 0) is 49.9 Å². The number of benzene rings is 2. The topological polar surface area (TPSA) is 55.9 Å². The summed E-state index contributed by atoms with van der Waals surface area (Å²) in [4.78, 5) is 31.2. The van der Waals surface area contributed by atoms with Crippen LogP contribution < -0.4 is 10.2 Å². The molecule has 7 heteroatoms. The fraction of sp³-hybridized carbons (Fsp3) is 0.440. The Balaban J connectivity index is 1.26. The second-order valence-electron chi connectivity index (χ2n) is 8.77. The average molecular weight is 439 g/mol. The summed E-state index contributed by atoms with van der Waals surface area (Å²) in [5.41, 5.74) is 2.53. The molecule has 0 aliphatic carbocycles. The van der Waals surface area contributed by atoms with Gasteiger partial charge in [-0.3, -0.25) is 4.79 Å². The SMILES string of the molecule is Cc1ccc(NC(=O)N2CCCC(CC(=O)N3CCN(c4ccccc4F)CC3)C2)cc1. The summed E-state index contributed by atoms with van der Waals surface area (Å²) < 4.78 is 14.0. The second kappa shape index (κ2) is 10.0. The number of halogens is 1. The summed E-state index contributed by atoms with van der Waals surface area (Å²) in [6.45, 7) is 5.76. The highest BCUT2D eigenvalue weighted by Crippen LogP contribution is 2.24. The summed E-state index contributed by atoms with van der Waals surface area (Å²) in [6, 6.07) is 14.4. The molecule has 0 spiro atoms. The molecule has 2 aliphatic rings. The molecule has 6 nitrogen and oxygen atoms in total. The van der Waals surface area contributed by atoms with Crippen LogP contribution in [0, 0.1) is 18.7 Å². The van der Waals surface area contributed by atoms with Crippen LogP contribution in [-0.4, -0.2) is 61.0 Å². The predicted octanol–water partition coefficient (Wildman–Crippen LogP) is 4.12. The number of anilines is 2. The molecule has 2 aliphatic heterocycles. The number of piperidine rings is 1. The van der Waals surface area contributed by atoms with Crippen LogP contribution >= 0.6 is 0 Å². The number of urea groups is 1. The van der Waals surface area contributed by atoms with Crippen molar-refractivity contribution < 1.29 is 14.0 Å². The summed E-state index contributed by atoms with van der Waals surface area (Å²) >= 11 is 0. The molecule has 1 atom stereocenters. The van der Waals surface area contributed by atoms with E-state index in [9.17, 15) is 14.0 Å². The van der Waals surface area contributed by atoms with Gasteiger partial charge in [-0.1, -0.05) is 29.8 Å². The largest absolute Gasteiger partial charge is 0.366 e. The third-order valence-corrected chi connectivity index (χ3v) is 6.40. The molecule has 32 heavy (non-hydrogen) atoms. The van der Waals surface area contributed by atoms with E-state index in [1.165, 1.54) is 6.07 Å². The Labute approximate surface area is 189 Å². The Morgan fingerprint density at radius 2 is 1.69 bits per heavy atom. The van der Waals surface area contributed by atoms with E-state index in [4.69, 9.17) is 0 Å². The number of carbonyl (C=O) groups excluding carboxylic acids is 2. The van der Waals surface area contributed by atoms with Gasteiger partial charge in [0.25, 0.3) is 0 Å². The van der Waals surface area contributed by atoms with E-state index in [0.29, 0.717) is 51.4 Å². The molecule has 0 saturated carbocycles. The lowest BCUT2D eigenvalue weighted by Gasteiger charge is -2.38. The van der Waals surface area contributed by atoms with Crippen molar-refractivity contribution in [1.29, 1.82) is 0 Å². The van der Waals surface area contributed by atoms with Gasteiger partial charge in [0.1, 0.15) is 5.82 Å². The van der Waals surface area contributed by atoms with E-state index < -0.39 is 0 Å². The molecule has 3 amide bonds. The minimum absolute atomic E-state index is 0.107. The molecule has 0 aromatic heterocycles. The maximum Gasteiger partial charge on any atom is 0.321 e. The Morgan fingerprint density at radius 3 is 2.41 bits per heavy atom. The lowest BCUT2D eigenvalue weighted by Crippen LogP contribution is -2.50. The molecule has 1 unspecified atom stereocenters. The fourth-order valence-electron chi connectivity index (χ4n) is 4.54. The van der Waals surface area contributed by atoms with Gasteiger partial charge in [0, 0.05) is 51.4 Å². The molecule has 2 fully saturated rings. The number of rotatable bonds is 4. The van der Waals surface area contributed by atoms with Crippen molar-refractivity contribution in [2.45, 2.75) is 26.2 Å². The molecule has 2 aromatic carbocycles. The Hall–Kier alpha value is -3.09. The number of amides is 3. The Morgan fingerprint density at radius 1 is 0.969 bits per heavy atom. The zero-order valence-corrected chi connectivity index (χ0v) is 18.6. The van der Waals surface area contributed by atoms with Crippen LogP contribution in [0.1, 0.15) is 24.8 Å². The van der Waals surface area contributed by atoms with E-state index in [-0.39, 0.29) is 23.7 Å². The van der Waals surface area contributed by atoms with Crippen molar-refractivity contribution in [3.05, 3.63) is 59.9 Å². The van der Waals surface area contributed by atoms with Crippen LogP contribution in [0.2, 0.25) is 0 Å². The Kier molecular flexibility index (Phi) is 6.93. The normalized spacial score (nSPS) is 19.1. The number of likely N-dealkylation sites (tertiary alicyclic amines) is 1. The molecule has 0 radical (unpaired) electrons. The van der Waals surface area contributed by atoms with Gasteiger partial charge < -0.3 is 20.0 Å². The minimum atomic E-state index is -0.224. The number of aryl methyl sites for hydroxylation is 1. The number of hydrogen-bond donors (Lipinski definition) is 1. The van der Waals surface area contributed by atoms with E-state index in [2.05, 4.69) is 5.32 Å². The number of nitrogens with one attached hydrogen (secondary N) is 1. The number of hydrogen-bond acceptors (Lipinski definition) is 3. The highest BCUT2D eigenvalue weighted by atomic mass is 19.1. The third kappa shape index (κ3) is 5.39. The Bertz CT molecular complexity index is 941. The van der Waals surface area contributed by atoms with E-state index >= 15 is 0 Å². The molecule has 0 bridgehead atoms. The number of carbonyl (C=O) groups is 2. The number of para-hydroxylation sites is 1. The van der Waals surface area contributed by atoms with Crippen molar-refractivity contribution in [2.24, 2.45) is 5.92 Å². The fourth-order valence-corrected chi connectivity index (χ4v) is 4.54. The third-order valence-electron chi connectivity index (χ3n) is 6.40. The van der Waals surface area contributed by atoms with Crippen molar-refractivity contribution in [3.8, 4) is 0 Å². The van der Waals surface area contributed by atoms with Crippen LogP contribution in [0.4, 0.5) is 20.6 Å². The van der Waals surface area contributed by atoms with Crippen molar-refractivity contribution in [2.75, 3.05) is 49.5 Å². The van der Waals surface area contributed by atoms with Crippen LogP contribution in [0.3, 0.4) is 0 Å². The van der Waals surface area contributed by atoms with E-state index in [1.54, 1.807) is 12.1 Å². The molecule has 170 valence electrons. The quantitative estimate of drug-likeness (QED) is 0.781. The molecule has 1 N–H and O–H groups in total. The summed E-state index contributed by atoms with van der Waals surface area (Å²) in [5.74, 6) is 0.0760. The van der Waals surface area contributed by atoms with Crippen LogP contribution in [0.15, 0.2) is 48.5 Å². The molecule has 2 saturated heterocycles. The number of piperazine rings is 1. The van der Waals surface area contributed by atoms with Crippen LogP contribution in [0.5, 0.6) is 0 Å². The molecular weight excluding hydrogens is 407 g/mol. The summed E-state index contributed by atoms with van der Waals surface area (Å²) in [7, 11) is 0. The van der Waals surface area contributed by atoms with Gasteiger partial charge in [0.15, 0.2) is 0 Å². The van der Waals surface area contributed by atoms with Gasteiger partial charge in [-0.25, -0.2) is 9.18 Å². The molecular formula is C25H31FN4O2. The van der Waals surface area contributed by atoms with Gasteiger partial charge in [0.2, 0.25) is 5.91 Å². The maximum atomic E-state index is 14.0. The van der Waals surface area contributed by atoms with Crippen molar-refractivity contribution in [3.63, 3.8) is 0 Å². The highest BCUT2D eigenvalue weighted by Gasteiger charge is 2.29. The zero-order valence-electron chi connectivity index (χ0n) is 18.6. The van der Waals surface area contributed by atoms with Crippen molar-refractivity contribution >= 4 is 23.3 Å². The summed E-state index contributed by atoms with van der Waals surface area (Å²) in [5, 5.41) is 2.96. The first-order valence-electron chi connectivity index (χ1n) is 11.4. The molecule has 4 rings (SSSR count). The lowest BCUT2D eigenvalue weighted by atomic mass is 9.94. The first-order valence-corrected chi connectivity index (χ1v) is 11.4. The van der Waals surface area contributed by atoms with Gasteiger partial charge in [-0.2, -0.15) is 0 Å².